The predicted molar refractivity (Wildman–Crippen MR) is 77.0 cm³/mol. The Hall–Kier alpha value is -1.87. The molecule has 0 amide bonds. The van der Waals surface area contributed by atoms with Crippen LogP contribution in [-0.4, -0.2) is 11.4 Å². The van der Waals surface area contributed by atoms with Crippen LogP contribution in [0.25, 0.3) is 0 Å². The molecule has 0 bridgehead atoms. The first-order valence-corrected chi connectivity index (χ1v) is 6.48. The Morgan fingerprint density at radius 2 is 1.68 bits per heavy atom. The predicted octanol–water partition coefficient (Wildman–Crippen LogP) is 3.43. The molecule has 0 spiro atoms. The molecule has 0 saturated heterocycles. The molecule has 19 heavy (non-hydrogen) atoms. The molecule has 3 heteroatoms. The molecule has 0 atom stereocenters. The third-order valence-electron chi connectivity index (χ3n) is 3.12. The fourth-order valence-corrected chi connectivity index (χ4v) is 2.08. The van der Waals surface area contributed by atoms with Crippen LogP contribution in [0.2, 0.25) is 0 Å². The zero-order valence-corrected chi connectivity index (χ0v) is 11.1. The van der Waals surface area contributed by atoms with E-state index in [0.717, 1.165) is 30.9 Å². The summed E-state index contributed by atoms with van der Waals surface area (Å²) in [6, 6.07) is 14.6. The Bertz CT molecular complexity index is 523. The lowest BCUT2D eigenvalue weighted by molar-refractivity contribution is 0.271. The molecule has 0 unspecified atom stereocenters. The number of nitrogen functional groups attached to an aromatic ring is 1. The second-order valence-electron chi connectivity index (χ2n) is 4.67. The Balaban J connectivity index is 2.02. The van der Waals surface area contributed by atoms with Crippen molar-refractivity contribution in [2.75, 3.05) is 12.3 Å². The molecule has 2 aromatic carbocycles. The van der Waals surface area contributed by atoms with E-state index in [1.807, 2.05) is 30.3 Å². The van der Waals surface area contributed by atoms with E-state index in [1.165, 1.54) is 17.7 Å². The summed E-state index contributed by atoms with van der Waals surface area (Å²) in [5, 5.41) is 0. The minimum atomic E-state index is -0.192. The van der Waals surface area contributed by atoms with Crippen molar-refractivity contribution in [3.63, 3.8) is 0 Å². The summed E-state index contributed by atoms with van der Waals surface area (Å²) in [7, 11) is 0. The maximum Gasteiger partial charge on any atom is 0.123 e. The van der Waals surface area contributed by atoms with Crippen molar-refractivity contribution in [3.05, 3.63) is 65.5 Å². The molecule has 0 radical (unpaired) electrons. The Kier molecular flexibility index (Phi) is 4.53. The SMILES string of the molecule is CCN(Cc1ccc(F)cc1)Cc1cccc(N)c1. The van der Waals surface area contributed by atoms with Crippen molar-refractivity contribution in [1.29, 1.82) is 0 Å². The van der Waals surface area contributed by atoms with E-state index in [0.29, 0.717) is 0 Å². The molecule has 0 aromatic heterocycles. The zero-order chi connectivity index (χ0) is 13.7. The van der Waals surface area contributed by atoms with Gasteiger partial charge in [-0.05, 0) is 41.9 Å². The maximum atomic E-state index is 12.9. The van der Waals surface area contributed by atoms with Gasteiger partial charge in [-0.2, -0.15) is 0 Å². The molecule has 0 saturated carbocycles. The maximum absolute atomic E-state index is 12.9. The average molecular weight is 258 g/mol. The van der Waals surface area contributed by atoms with Crippen LogP contribution in [0.3, 0.4) is 0 Å². The first-order valence-electron chi connectivity index (χ1n) is 6.48. The standard InChI is InChI=1S/C16H19FN2/c1-2-19(11-13-6-8-15(17)9-7-13)12-14-4-3-5-16(18)10-14/h3-10H,2,11-12,18H2,1H3. The molecule has 0 aliphatic rings. The van der Waals surface area contributed by atoms with Gasteiger partial charge in [0.15, 0.2) is 0 Å². The molecule has 0 aliphatic heterocycles. The molecule has 2 nitrogen and oxygen atoms in total. The van der Waals surface area contributed by atoms with Gasteiger partial charge in [0, 0.05) is 18.8 Å². The highest BCUT2D eigenvalue weighted by Gasteiger charge is 2.05. The fraction of sp³-hybridized carbons (Fsp3) is 0.250. The van der Waals surface area contributed by atoms with Crippen molar-refractivity contribution >= 4 is 5.69 Å². The Labute approximate surface area is 113 Å². The largest absolute Gasteiger partial charge is 0.399 e. The quantitative estimate of drug-likeness (QED) is 0.832. The Morgan fingerprint density at radius 3 is 2.32 bits per heavy atom. The van der Waals surface area contributed by atoms with Crippen molar-refractivity contribution in [3.8, 4) is 0 Å². The van der Waals surface area contributed by atoms with Gasteiger partial charge in [0.25, 0.3) is 0 Å². The summed E-state index contributed by atoms with van der Waals surface area (Å²) in [4.78, 5) is 2.29. The van der Waals surface area contributed by atoms with Gasteiger partial charge in [-0.25, -0.2) is 4.39 Å². The first-order chi connectivity index (χ1) is 9.17. The summed E-state index contributed by atoms with van der Waals surface area (Å²) in [5.74, 6) is -0.192. The van der Waals surface area contributed by atoms with Crippen molar-refractivity contribution < 1.29 is 4.39 Å². The van der Waals surface area contributed by atoms with Gasteiger partial charge in [-0.1, -0.05) is 31.2 Å². The molecule has 2 rings (SSSR count). The van der Waals surface area contributed by atoms with E-state index < -0.39 is 0 Å². The summed E-state index contributed by atoms with van der Waals surface area (Å²) in [5.41, 5.74) is 8.89. The molecule has 0 fully saturated rings. The lowest BCUT2D eigenvalue weighted by Gasteiger charge is -2.20. The van der Waals surface area contributed by atoms with Gasteiger partial charge in [0.2, 0.25) is 0 Å². The van der Waals surface area contributed by atoms with Gasteiger partial charge in [-0.3, -0.25) is 4.90 Å². The number of nitrogens with zero attached hydrogens (tertiary/aromatic N) is 1. The smallest absolute Gasteiger partial charge is 0.123 e. The van der Waals surface area contributed by atoms with Crippen LogP contribution in [0.4, 0.5) is 10.1 Å². The van der Waals surface area contributed by atoms with E-state index >= 15 is 0 Å². The first kappa shape index (κ1) is 13.6. The van der Waals surface area contributed by atoms with E-state index in [9.17, 15) is 4.39 Å². The highest BCUT2D eigenvalue weighted by molar-refractivity contribution is 5.40. The van der Waals surface area contributed by atoms with Gasteiger partial charge < -0.3 is 5.73 Å². The van der Waals surface area contributed by atoms with Crippen LogP contribution in [0.1, 0.15) is 18.1 Å². The second-order valence-corrected chi connectivity index (χ2v) is 4.67. The zero-order valence-electron chi connectivity index (χ0n) is 11.1. The summed E-state index contributed by atoms with van der Waals surface area (Å²) >= 11 is 0. The number of halogens is 1. The highest BCUT2D eigenvalue weighted by atomic mass is 19.1. The van der Waals surface area contributed by atoms with Crippen molar-refractivity contribution in [2.24, 2.45) is 0 Å². The monoisotopic (exact) mass is 258 g/mol. The third-order valence-corrected chi connectivity index (χ3v) is 3.12. The second kappa shape index (κ2) is 6.34. The van der Waals surface area contributed by atoms with Gasteiger partial charge in [0.1, 0.15) is 5.82 Å². The van der Waals surface area contributed by atoms with Crippen LogP contribution in [0.15, 0.2) is 48.5 Å². The number of anilines is 1. The van der Waals surface area contributed by atoms with Crippen LogP contribution in [0.5, 0.6) is 0 Å². The lowest BCUT2D eigenvalue weighted by atomic mass is 10.1. The molecule has 0 heterocycles. The minimum absolute atomic E-state index is 0.192. The molecule has 0 aliphatic carbocycles. The lowest BCUT2D eigenvalue weighted by Crippen LogP contribution is -2.22. The summed E-state index contributed by atoms with van der Waals surface area (Å²) in [6.07, 6.45) is 0. The summed E-state index contributed by atoms with van der Waals surface area (Å²) in [6.45, 7) is 4.71. The number of nitrogens with two attached hydrogens (primary N) is 1. The normalized spacial score (nSPS) is 10.9. The van der Waals surface area contributed by atoms with Crippen LogP contribution < -0.4 is 5.73 Å². The molecule has 100 valence electrons. The van der Waals surface area contributed by atoms with Crippen molar-refractivity contribution in [1.82, 2.24) is 4.90 Å². The number of rotatable bonds is 5. The Morgan fingerprint density at radius 1 is 1.00 bits per heavy atom. The number of benzene rings is 2. The van der Waals surface area contributed by atoms with Gasteiger partial charge >= 0.3 is 0 Å². The van der Waals surface area contributed by atoms with Gasteiger partial charge in [-0.15, -0.1) is 0 Å². The topological polar surface area (TPSA) is 29.3 Å². The van der Waals surface area contributed by atoms with Crippen molar-refractivity contribution in [2.45, 2.75) is 20.0 Å². The third kappa shape index (κ3) is 4.07. The average Bonchev–Trinajstić information content (AvgIpc) is 2.40. The molecular weight excluding hydrogens is 239 g/mol. The number of hydrogen-bond donors (Lipinski definition) is 1. The fourth-order valence-electron chi connectivity index (χ4n) is 2.08. The van der Waals surface area contributed by atoms with E-state index in [1.54, 1.807) is 0 Å². The molecular formula is C16H19FN2. The number of hydrogen-bond acceptors (Lipinski definition) is 2. The molecule has 2 N–H and O–H groups in total. The van der Waals surface area contributed by atoms with E-state index in [2.05, 4.69) is 17.9 Å². The van der Waals surface area contributed by atoms with Crippen LogP contribution in [0, 0.1) is 5.82 Å². The minimum Gasteiger partial charge on any atom is -0.399 e. The van der Waals surface area contributed by atoms with Gasteiger partial charge in [0.05, 0.1) is 0 Å². The molecule has 2 aromatic rings. The van der Waals surface area contributed by atoms with Crippen LogP contribution >= 0.6 is 0 Å². The van der Waals surface area contributed by atoms with Crippen LogP contribution in [-0.2, 0) is 13.1 Å². The highest BCUT2D eigenvalue weighted by Crippen LogP contribution is 2.12. The summed E-state index contributed by atoms with van der Waals surface area (Å²) < 4.78 is 12.9. The van der Waals surface area contributed by atoms with E-state index in [4.69, 9.17) is 5.73 Å². The van der Waals surface area contributed by atoms with E-state index in [-0.39, 0.29) is 5.82 Å².